The topological polar surface area (TPSA) is 89.3 Å². The first-order chi connectivity index (χ1) is 8.93. The number of amides is 1. The van der Waals surface area contributed by atoms with Gasteiger partial charge in [0.25, 0.3) is 0 Å². The van der Waals surface area contributed by atoms with Crippen molar-refractivity contribution in [3.8, 4) is 0 Å². The molecule has 1 unspecified atom stereocenters. The van der Waals surface area contributed by atoms with Gasteiger partial charge in [-0.25, -0.2) is 8.42 Å². The average molecular weight is 298 g/mol. The number of carbonyl (C=O) groups is 1. The van der Waals surface area contributed by atoms with Crippen LogP contribution in [0.1, 0.15) is 26.3 Å². The number of anilines is 1. The lowest BCUT2D eigenvalue weighted by atomic mass is 9.87. The number of hydrogen-bond donors (Lipinski definition) is 2. The maximum atomic E-state index is 12.1. The molecule has 0 radical (unpaired) electrons. The molecule has 20 heavy (non-hydrogen) atoms. The molecule has 0 saturated heterocycles. The summed E-state index contributed by atoms with van der Waals surface area (Å²) in [6.45, 7) is 7.41. The van der Waals surface area contributed by atoms with Gasteiger partial charge < -0.3 is 11.1 Å². The predicted molar refractivity (Wildman–Crippen MR) is 80.3 cm³/mol. The number of aryl methyl sites for hydroxylation is 1. The second-order valence-electron chi connectivity index (χ2n) is 6.08. The first-order valence-corrected chi connectivity index (χ1v) is 8.19. The van der Waals surface area contributed by atoms with E-state index in [2.05, 4.69) is 5.32 Å². The van der Waals surface area contributed by atoms with Crippen LogP contribution in [-0.4, -0.2) is 26.6 Å². The van der Waals surface area contributed by atoms with Gasteiger partial charge in [0, 0.05) is 11.9 Å². The van der Waals surface area contributed by atoms with Gasteiger partial charge in [0.05, 0.1) is 10.9 Å². The van der Waals surface area contributed by atoms with Crippen molar-refractivity contribution in [2.45, 2.75) is 38.6 Å². The molecule has 1 aromatic rings. The van der Waals surface area contributed by atoms with Crippen LogP contribution >= 0.6 is 0 Å². The molecule has 1 atom stereocenters. The standard InChI is InChI=1S/C14H22N2O3S/c1-9-6-7-10(20(5,18)19)8-11(9)16-13(17)12(15)14(2,3)4/h6-8,12H,15H2,1-5H3,(H,16,17). The van der Waals surface area contributed by atoms with Crippen LogP contribution in [0.2, 0.25) is 0 Å². The van der Waals surface area contributed by atoms with Gasteiger partial charge in [-0.3, -0.25) is 4.79 Å². The van der Waals surface area contributed by atoms with Crippen molar-refractivity contribution in [2.75, 3.05) is 11.6 Å². The maximum absolute atomic E-state index is 12.1. The number of nitrogens with two attached hydrogens (primary N) is 1. The SMILES string of the molecule is Cc1ccc(S(C)(=O)=O)cc1NC(=O)C(N)C(C)(C)C. The second kappa shape index (κ2) is 5.54. The van der Waals surface area contributed by atoms with Gasteiger partial charge in [-0.1, -0.05) is 26.8 Å². The molecule has 0 aliphatic carbocycles. The summed E-state index contributed by atoms with van der Waals surface area (Å²) < 4.78 is 23.1. The Hall–Kier alpha value is -1.40. The highest BCUT2D eigenvalue weighted by atomic mass is 32.2. The van der Waals surface area contributed by atoms with Crippen LogP contribution < -0.4 is 11.1 Å². The van der Waals surface area contributed by atoms with Crippen molar-refractivity contribution in [2.24, 2.45) is 11.1 Å². The fourth-order valence-electron chi connectivity index (χ4n) is 1.57. The Labute approximate surface area is 120 Å². The molecule has 0 fully saturated rings. The van der Waals surface area contributed by atoms with Gasteiger partial charge in [-0.05, 0) is 30.0 Å². The molecule has 3 N–H and O–H groups in total. The highest BCUT2D eigenvalue weighted by Gasteiger charge is 2.27. The largest absolute Gasteiger partial charge is 0.324 e. The van der Waals surface area contributed by atoms with Crippen LogP contribution in [0.25, 0.3) is 0 Å². The summed E-state index contributed by atoms with van der Waals surface area (Å²) in [5.74, 6) is -0.328. The third-order valence-electron chi connectivity index (χ3n) is 3.11. The molecular weight excluding hydrogens is 276 g/mol. The predicted octanol–water partition coefficient (Wildman–Crippen LogP) is 1.71. The minimum Gasteiger partial charge on any atom is -0.324 e. The summed E-state index contributed by atoms with van der Waals surface area (Å²) in [6, 6.07) is 3.96. The number of sulfone groups is 1. The molecule has 0 aromatic heterocycles. The highest BCUT2D eigenvalue weighted by molar-refractivity contribution is 7.90. The zero-order chi connectivity index (χ0) is 15.7. The minimum atomic E-state index is -3.31. The van der Waals surface area contributed by atoms with E-state index in [0.29, 0.717) is 5.69 Å². The molecule has 0 aliphatic rings. The van der Waals surface area contributed by atoms with E-state index in [0.717, 1.165) is 11.8 Å². The molecule has 1 rings (SSSR count). The fraction of sp³-hybridized carbons (Fsp3) is 0.500. The van der Waals surface area contributed by atoms with E-state index in [1.54, 1.807) is 13.0 Å². The second-order valence-corrected chi connectivity index (χ2v) is 8.10. The zero-order valence-corrected chi connectivity index (χ0v) is 13.3. The molecule has 5 nitrogen and oxygen atoms in total. The molecule has 6 heteroatoms. The van der Waals surface area contributed by atoms with Crippen molar-refractivity contribution < 1.29 is 13.2 Å². The lowest BCUT2D eigenvalue weighted by molar-refractivity contribution is -0.119. The smallest absolute Gasteiger partial charge is 0.241 e. The summed E-state index contributed by atoms with van der Waals surface area (Å²) in [6.07, 6.45) is 1.13. The van der Waals surface area contributed by atoms with Gasteiger partial charge in [0.15, 0.2) is 9.84 Å². The third-order valence-corrected chi connectivity index (χ3v) is 4.22. The molecule has 1 aromatic carbocycles. The first-order valence-electron chi connectivity index (χ1n) is 6.30. The number of nitrogens with one attached hydrogen (secondary N) is 1. The minimum absolute atomic E-state index is 0.169. The van der Waals surface area contributed by atoms with Crippen LogP contribution in [-0.2, 0) is 14.6 Å². The first kappa shape index (κ1) is 16.7. The van der Waals surface area contributed by atoms with Crippen molar-refractivity contribution in [3.63, 3.8) is 0 Å². The van der Waals surface area contributed by atoms with E-state index in [-0.39, 0.29) is 16.2 Å². The van der Waals surface area contributed by atoms with Gasteiger partial charge >= 0.3 is 0 Å². The quantitative estimate of drug-likeness (QED) is 0.889. The van der Waals surface area contributed by atoms with Crippen LogP contribution in [0.4, 0.5) is 5.69 Å². The van der Waals surface area contributed by atoms with Gasteiger partial charge in [-0.2, -0.15) is 0 Å². The van der Waals surface area contributed by atoms with Gasteiger partial charge in [0.1, 0.15) is 0 Å². The fourth-order valence-corrected chi connectivity index (χ4v) is 2.22. The van der Waals surface area contributed by atoms with E-state index in [4.69, 9.17) is 5.73 Å². The average Bonchev–Trinajstić information content (AvgIpc) is 2.28. The number of benzene rings is 1. The third kappa shape index (κ3) is 4.05. The molecule has 1 amide bonds. The van der Waals surface area contributed by atoms with E-state index in [1.165, 1.54) is 12.1 Å². The number of rotatable bonds is 3. The Morgan fingerprint density at radius 3 is 2.30 bits per heavy atom. The molecule has 0 aliphatic heterocycles. The molecule has 0 heterocycles. The van der Waals surface area contributed by atoms with Crippen LogP contribution in [0.15, 0.2) is 23.1 Å². The van der Waals surface area contributed by atoms with E-state index in [1.807, 2.05) is 20.8 Å². The Bertz CT molecular complexity index is 616. The lowest BCUT2D eigenvalue weighted by Gasteiger charge is -2.26. The summed E-state index contributed by atoms with van der Waals surface area (Å²) in [5.41, 5.74) is 6.77. The lowest BCUT2D eigenvalue weighted by Crippen LogP contribution is -2.45. The van der Waals surface area contributed by atoms with Crippen LogP contribution in [0.5, 0.6) is 0 Å². The van der Waals surface area contributed by atoms with E-state index in [9.17, 15) is 13.2 Å². The summed E-state index contributed by atoms with van der Waals surface area (Å²) in [4.78, 5) is 12.3. The Balaban J connectivity index is 3.07. The van der Waals surface area contributed by atoms with Crippen LogP contribution in [0, 0.1) is 12.3 Å². The number of hydrogen-bond acceptors (Lipinski definition) is 4. The highest BCUT2D eigenvalue weighted by Crippen LogP contribution is 2.23. The summed E-state index contributed by atoms with van der Waals surface area (Å²) in [5, 5.41) is 2.70. The Morgan fingerprint density at radius 1 is 1.30 bits per heavy atom. The van der Waals surface area contributed by atoms with Gasteiger partial charge in [-0.15, -0.1) is 0 Å². The van der Waals surface area contributed by atoms with Crippen LogP contribution in [0.3, 0.4) is 0 Å². The summed E-state index contributed by atoms with van der Waals surface area (Å²) in [7, 11) is -3.31. The van der Waals surface area contributed by atoms with Crippen molar-refractivity contribution in [1.82, 2.24) is 0 Å². The molecular formula is C14H22N2O3S. The van der Waals surface area contributed by atoms with Gasteiger partial charge in [0.2, 0.25) is 5.91 Å². The number of carbonyl (C=O) groups excluding carboxylic acids is 1. The van der Waals surface area contributed by atoms with Crippen molar-refractivity contribution in [3.05, 3.63) is 23.8 Å². The molecule has 112 valence electrons. The Morgan fingerprint density at radius 2 is 1.85 bits per heavy atom. The molecule has 0 spiro atoms. The van der Waals surface area contributed by atoms with E-state index < -0.39 is 15.9 Å². The monoisotopic (exact) mass is 298 g/mol. The zero-order valence-electron chi connectivity index (χ0n) is 12.5. The van der Waals surface area contributed by atoms with Crippen molar-refractivity contribution >= 4 is 21.4 Å². The summed E-state index contributed by atoms with van der Waals surface area (Å²) >= 11 is 0. The van der Waals surface area contributed by atoms with Crippen molar-refractivity contribution in [1.29, 1.82) is 0 Å². The Kier molecular flexibility index (Phi) is 4.61. The maximum Gasteiger partial charge on any atom is 0.241 e. The molecule has 0 bridgehead atoms. The normalized spacial score (nSPS) is 13.9. The molecule has 0 saturated carbocycles. The van der Waals surface area contributed by atoms with E-state index >= 15 is 0 Å².